The lowest BCUT2D eigenvalue weighted by Gasteiger charge is -2.28. The van der Waals surface area contributed by atoms with Crippen LogP contribution >= 0.6 is 0 Å². The number of nitrogens with zero attached hydrogens (tertiary/aromatic N) is 1. The molecule has 2 aromatic carbocycles. The van der Waals surface area contributed by atoms with Crippen molar-refractivity contribution in [2.24, 2.45) is 0 Å². The van der Waals surface area contributed by atoms with Gasteiger partial charge in [-0.15, -0.1) is 0 Å². The van der Waals surface area contributed by atoms with Crippen LogP contribution in [0.25, 0.3) is 0 Å². The molecular formula is C17H19NO3S. The lowest BCUT2D eigenvalue weighted by atomic mass is 9.99. The van der Waals surface area contributed by atoms with E-state index in [1.165, 1.54) is 15.4 Å². The van der Waals surface area contributed by atoms with Gasteiger partial charge in [0.2, 0.25) is 10.0 Å². The minimum absolute atomic E-state index is 0.113. The van der Waals surface area contributed by atoms with Crippen LogP contribution in [0.4, 0.5) is 0 Å². The molecule has 1 unspecified atom stereocenters. The van der Waals surface area contributed by atoms with Gasteiger partial charge in [-0.1, -0.05) is 42.5 Å². The Morgan fingerprint density at radius 3 is 2.41 bits per heavy atom. The van der Waals surface area contributed by atoms with Crippen LogP contribution in [-0.2, 0) is 27.8 Å². The molecule has 4 nitrogen and oxygen atoms in total. The molecule has 3 rings (SSSR count). The van der Waals surface area contributed by atoms with E-state index in [1.54, 1.807) is 37.4 Å². The highest BCUT2D eigenvalue weighted by atomic mass is 32.2. The molecule has 1 heterocycles. The summed E-state index contributed by atoms with van der Waals surface area (Å²) in [5, 5.41) is 0. The van der Waals surface area contributed by atoms with Crippen LogP contribution in [0.5, 0.6) is 0 Å². The monoisotopic (exact) mass is 317 g/mol. The van der Waals surface area contributed by atoms with Crippen molar-refractivity contribution < 1.29 is 13.2 Å². The Kier molecular flexibility index (Phi) is 4.29. The third-order valence-corrected chi connectivity index (χ3v) is 5.79. The molecule has 0 aromatic heterocycles. The van der Waals surface area contributed by atoms with E-state index in [2.05, 4.69) is 12.1 Å². The summed E-state index contributed by atoms with van der Waals surface area (Å²) in [6, 6.07) is 16.6. The third kappa shape index (κ3) is 3.06. The van der Waals surface area contributed by atoms with Crippen LogP contribution < -0.4 is 0 Å². The zero-order valence-corrected chi connectivity index (χ0v) is 13.3. The molecule has 0 N–H and O–H groups in total. The molecule has 22 heavy (non-hydrogen) atoms. The summed E-state index contributed by atoms with van der Waals surface area (Å²) in [7, 11) is -1.86. The Labute approximate surface area is 131 Å². The minimum Gasteiger partial charge on any atom is -0.372 e. The fraction of sp³-hybridized carbons (Fsp3) is 0.294. The van der Waals surface area contributed by atoms with Gasteiger partial charge >= 0.3 is 0 Å². The van der Waals surface area contributed by atoms with Gasteiger partial charge in [0.25, 0.3) is 0 Å². The van der Waals surface area contributed by atoms with Gasteiger partial charge in [0.15, 0.2) is 0 Å². The Morgan fingerprint density at radius 1 is 1.05 bits per heavy atom. The second kappa shape index (κ2) is 6.20. The van der Waals surface area contributed by atoms with Gasteiger partial charge in [-0.3, -0.25) is 0 Å². The number of hydrogen-bond acceptors (Lipinski definition) is 3. The van der Waals surface area contributed by atoms with E-state index in [1.807, 2.05) is 12.1 Å². The van der Waals surface area contributed by atoms with Crippen molar-refractivity contribution in [2.45, 2.75) is 24.0 Å². The second-order valence-electron chi connectivity index (χ2n) is 5.50. The lowest BCUT2D eigenvalue weighted by molar-refractivity contribution is 0.0202. The number of rotatable bonds is 4. The summed E-state index contributed by atoms with van der Waals surface area (Å²) in [4.78, 5) is 0.314. The van der Waals surface area contributed by atoms with Crippen LogP contribution in [0, 0.1) is 0 Å². The van der Waals surface area contributed by atoms with E-state index < -0.39 is 10.0 Å². The number of sulfonamides is 1. The number of hydrogen-bond donors (Lipinski definition) is 0. The van der Waals surface area contributed by atoms with Crippen molar-refractivity contribution >= 4 is 10.0 Å². The lowest BCUT2D eigenvalue weighted by Crippen LogP contribution is -2.38. The molecule has 0 aliphatic carbocycles. The first-order valence-electron chi connectivity index (χ1n) is 7.27. The molecule has 0 saturated carbocycles. The SMILES string of the molecule is CN(CC1Cc2ccccc2CO1)S(=O)(=O)c1ccccc1. The maximum atomic E-state index is 12.5. The minimum atomic E-state index is -3.46. The molecule has 1 atom stereocenters. The van der Waals surface area contributed by atoms with Gasteiger partial charge in [-0.25, -0.2) is 8.42 Å². The average Bonchev–Trinajstić information content (AvgIpc) is 2.55. The quantitative estimate of drug-likeness (QED) is 0.870. The van der Waals surface area contributed by atoms with Crippen LogP contribution in [0.2, 0.25) is 0 Å². The Morgan fingerprint density at radius 2 is 1.68 bits per heavy atom. The zero-order chi connectivity index (χ0) is 15.6. The highest BCUT2D eigenvalue weighted by Gasteiger charge is 2.26. The smallest absolute Gasteiger partial charge is 0.242 e. The molecule has 2 aromatic rings. The first-order valence-corrected chi connectivity index (χ1v) is 8.71. The Hall–Kier alpha value is -1.69. The molecule has 0 spiro atoms. The zero-order valence-electron chi connectivity index (χ0n) is 12.5. The van der Waals surface area contributed by atoms with Gasteiger partial charge in [0, 0.05) is 20.0 Å². The fourth-order valence-corrected chi connectivity index (χ4v) is 3.91. The summed E-state index contributed by atoms with van der Waals surface area (Å²) >= 11 is 0. The van der Waals surface area contributed by atoms with Crippen molar-refractivity contribution in [1.29, 1.82) is 0 Å². The molecule has 116 valence electrons. The fourth-order valence-electron chi connectivity index (χ4n) is 2.68. The van der Waals surface area contributed by atoms with Crippen LogP contribution in [0.15, 0.2) is 59.5 Å². The summed E-state index contributed by atoms with van der Waals surface area (Å²) in [5.41, 5.74) is 2.43. The second-order valence-corrected chi connectivity index (χ2v) is 7.55. The largest absolute Gasteiger partial charge is 0.372 e. The predicted octanol–water partition coefficient (Wildman–Crippen LogP) is 2.45. The van der Waals surface area contributed by atoms with Crippen molar-refractivity contribution in [3.8, 4) is 0 Å². The highest BCUT2D eigenvalue weighted by molar-refractivity contribution is 7.89. The van der Waals surface area contributed by atoms with E-state index in [0.29, 0.717) is 18.0 Å². The Bertz CT molecular complexity index is 744. The molecule has 5 heteroatoms. The standard InChI is InChI=1S/C17H19NO3S/c1-18(22(19,20)17-9-3-2-4-10-17)12-16-11-14-7-5-6-8-15(14)13-21-16/h2-10,16H,11-13H2,1H3. The topological polar surface area (TPSA) is 46.6 Å². The summed E-state index contributed by atoms with van der Waals surface area (Å²) in [5.74, 6) is 0. The molecule has 0 saturated heterocycles. The van der Waals surface area contributed by atoms with Crippen molar-refractivity contribution in [2.75, 3.05) is 13.6 Å². The van der Waals surface area contributed by atoms with Gasteiger partial charge < -0.3 is 4.74 Å². The van der Waals surface area contributed by atoms with Crippen LogP contribution in [-0.4, -0.2) is 32.4 Å². The normalized spacial score (nSPS) is 18.2. The van der Waals surface area contributed by atoms with E-state index in [0.717, 1.165) is 6.42 Å². The van der Waals surface area contributed by atoms with E-state index in [4.69, 9.17) is 4.74 Å². The van der Waals surface area contributed by atoms with Crippen molar-refractivity contribution in [3.63, 3.8) is 0 Å². The van der Waals surface area contributed by atoms with E-state index in [9.17, 15) is 8.42 Å². The van der Waals surface area contributed by atoms with E-state index in [-0.39, 0.29) is 6.10 Å². The first kappa shape index (κ1) is 15.2. The molecule has 0 radical (unpaired) electrons. The van der Waals surface area contributed by atoms with Gasteiger partial charge in [0.1, 0.15) is 0 Å². The third-order valence-electron chi connectivity index (χ3n) is 3.95. The van der Waals surface area contributed by atoms with Crippen LogP contribution in [0.3, 0.4) is 0 Å². The molecule has 1 aliphatic heterocycles. The molecule has 0 amide bonds. The predicted molar refractivity (Wildman–Crippen MR) is 85.0 cm³/mol. The van der Waals surface area contributed by atoms with Gasteiger partial charge in [-0.05, 0) is 23.3 Å². The molecule has 0 fully saturated rings. The number of ether oxygens (including phenoxy) is 1. The first-order chi connectivity index (χ1) is 10.6. The summed E-state index contributed by atoms with van der Waals surface area (Å²) < 4.78 is 32.2. The number of likely N-dealkylation sites (N-methyl/N-ethyl adjacent to an activating group) is 1. The number of benzene rings is 2. The molecular weight excluding hydrogens is 298 g/mol. The summed E-state index contributed by atoms with van der Waals surface area (Å²) in [6.07, 6.45) is 0.628. The van der Waals surface area contributed by atoms with Crippen LogP contribution in [0.1, 0.15) is 11.1 Å². The van der Waals surface area contributed by atoms with Gasteiger partial charge in [0.05, 0.1) is 17.6 Å². The maximum absolute atomic E-state index is 12.5. The molecule has 0 bridgehead atoms. The maximum Gasteiger partial charge on any atom is 0.242 e. The highest BCUT2D eigenvalue weighted by Crippen LogP contribution is 2.22. The van der Waals surface area contributed by atoms with Crippen molar-refractivity contribution in [3.05, 3.63) is 65.7 Å². The molecule has 1 aliphatic rings. The van der Waals surface area contributed by atoms with Crippen molar-refractivity contribution in [1.82, 2.24) is 4.31 Å². The van der Waals surface area contributed by atoms with E-state index >= 15 is 0 Å². The van der Waals surface area contributed by atoms with Gasteiger partial charge in [-0.2, -0.15) is 4.31 Å². The average molecular weight is 317 g/mol. The number of fused-ring (bicyclic) bond motifs is 1. The Balaban J connectivity index is 1.72. The summed E-state index contributed by atoms with van der Waals surface area (Å²) in [6.45, 7) is 0.894.